The van der Waals surface area contributed by atoms with Crippen molar-refractivity contribution in [2.24, 2.45) is 5.10 Å². The number of nitrogens with zero attached hydrogens (tertiary/aromatic N) is 3. The lowest BCUT2D eigenvalue weighted by Crippen LogP contribution is -2.32. The van der Waals surface area contributed by atoms with Gasteiger partial charge in [0.2, 0.25) is 0 Å². The van der Waals surface area contributed by atoms with E-state index >= 15 is 0 Å². The Kier molecular flexibility index (Phi) is 6.68. The number of nitrogens with one attached hydrogen (secondary N) is 2. The van der Waals surface area contributed by atoms with Crippen molar-refractivity contribution in [1.29, 1.82) is 0 Å². The predicted octanol–water partition coefficient (Wildman–Crippen LogP) is 3.71. The topological polar surface area (TPSA) is 109 Å². The van der Waals surface area contributed by atoms with E-state index in [0.717, 1.165) is 24.1 Å². The molecule has 0 fully saturated rings. The third-order valence-corrected chi connectivity index (χ3v) is 5.18. The summed E-state index contributed by atoms with van der Waals surface area (Å²) in [5.74, 6) is 0.781. The SMILES string of the molecule is CCOc1cc(C2=NN(C(=O)c3ccc(NC(=O)c4c[nH]cn4)cc3)CCC2)ccc1OC. The number of carbonyl (C=O) groups excluding carboxylic acids is 2. The zero-order valence-corrected chi connectivity index (χ0v) is 18.5. The molecule has 4 rings (SSSR count). The Morgan fingerprint density at radius 2 is 1.97 bits per heavy atom. The Morgan fingerprint density at radius 1 is 1.15 bits per heavy atom. The van der Waals surface area contributed by atoms with Crippen molar-refractivity contribution in [2.75, 3.05) is 25.6 Å². The summed E-state index contributed by atoms with van der Waals surface area (Å²) in [6, 6.07) is 12.4. The number of benzene rings is 2. The molecule has 0 unspecified atom stereocenters. The zero-order valence-electron chi connectivity index (χ0n) is 18.5. The van der Waals surface area contributed by atoms with E-state index in [2.05, 4.69) is 20.4 Å². The van der Waals surface area contributed by atoms with Crippen molar-refractivity contribution in [2.45, 2.75) is 19.8 Å². The van der Waals surface area contributed by atoms with Gasteiger partial charge in [-0.2, -0.15) is 5.10 Å². The van der Waals surface area contributed by atoms with Gasteiger partial charge in [-0.1, -0.05) is 0 Å². The molecule has 0 saturated carbocycles. The van der Waals surface area contributed by atoms with E-state index in [4.69, 9.17) is 9.47 Å². The standard InChI is InChI=1S/C24H25N5O4/c1-3-33-22-13-17(8-11-21(22)32-2)19-5-4-12-29(28-19)24(31)16-6-9-18(10-7-16)27-23(30)20-14-25-15-26-20/h6-11,13-15H,3-5,12H2,1-2H3,(H,25,26)(H,27,30). The number of aromatic nitrogens is 2. The lowest BCUT2D eigenvalue weighted by Gasteiger charge is -2.24. The number of rotatable bonds is 7. The second-order valence-electron chi connectivity index (χ2n) is 7.36. The minimum absolute atomic E-state index is 0.198. The third-order valence-electron chi connectivity index (χ3n) is 5.18. The highest BCUT2D eigenvalue weighted by Crippen LogP contribution is 2.29. The summed E-state index contributed by atoms with van der Waals surface area (Å²) in [7, 11) is 1.60. The summed E-state index contributed by atoms with van der Waals surface area (Å²) in [6.45, 7) is 2.97. The molecule has 9 nitrogen and oxygen atoms in total. The quantitative estimate of drug-likeness (QED) is 0.574. The van der Waals surface area contributed by atoms with Crippen LogP contribution in [0.15, 0.2) is 60.1 Å². The zero-order chi connectivity index (χ0) is 23.2. The van der Waals surface area contributed by atoms with Crippen LogP contribution < -0.4 is 14.8 Å². The number of aromatic amines is 1. The molecular weight excluding hydrogens is 422 g/mol. The summed E-state index contributed by atoms with van der Waals surface area (Å²) in [4.78, 5) is 31.8. The number of amides is 2. The number of ether oxygens (including phenoxy) is 2. The number of imidazole rings is 1. The molecular formula is C24H25N5O4. The van der Waals surface area contributed by atoms with E-state index in [1.807, 2.05) is 25.1 Å². The summed E-state index contributed by atoms with van der Waals surface area (Å²) in [5, 5.41) is 8.85. The van der Waals surface area contributed by atoms with Gasteiger partial charge in [0.15, 0.2) is 11.5 Å². The first-order valence-electron chi connectivity index (χ1n) is 10.7. The van der Waals surface area contributed by atoms with Crippen LogP contribution in [0.5, 0.6) is 11.5 Å². The maximum absolute atomic E-state index is 13.0. The van der Waals surface area contributed by atoms with Crippen LogP contribution in [0.1, 0.15) is 46.2 Å². The average Bonchev–Trinajstić information content (AvgIpc) is 3.40. The summed E-state index contributed by atoms with van der Waals surface area (Å²) in [5.41, 5.74) is 3.07. The summed E-state index contributed by atoms with van der Waals surface area (Å²) >= 11 is 0. The maximum Gasteiger partial charge on any atom is 0.275 e. The first-order valence-corrected chi connectivity index (χ1v) is 10.7. The second-order valence-corrected chi connectivity index (χ2v) is 7.36. The minimum atomic E-state index is -0.327. The lowest BCUT2D eigenvalue weighted by molar-refractivity contribution is 0.0751. The van der Waals surface area contributed by atoms with Crippen LogP contribution in [-0.2, 0) is 0 Å². The number of hydrogen-bond acceptors (Lipinski definition) is 6. The summed E-state index contributed by atoms with van der Waals surface area (Å²) in [6.07, 6.45) is 4.52. The molecule has 0 radical (unpaired) electrons. The smallest absolute Gasteiger partial charge is 0.275 e. The Balaban J connectivity index is 1.48. The molecule has 33 heavy (non-hydrogen) atoms. The molecule has 2 N–H and O–H groups in total. The van der Waals surface area contributed by atoms with Gasteiger partial charge in [0.25, 0.3) is 11.8 Å². The maximum atomic E-state index is 13.0. The Hall–Kier alpha value is -4.14. The minimum Gasteiger partial charge on any atom is -0.493 e. The van der Waals surface area contributed by atoms with Gasteiger partial charge in [-0.15, -0.1) is 0 Å². The van der Waals surface area contributed by atoms with E-state index in [0.29, 0.717) is 35.9 Å². The first kappa shape index (κ1) is 22.1. The van der Waals surface area contributed by atoms with Crippen LogP contribution >= 0.6 is 0 Å². The number of methoxy groups -OCH3 is 1. The monoisotopic (exact) mass is 447 g/mol. The lowest BCUT2D eigenvalue weighted by atomic mass is 10.0. The average molecular weight is 447 g/mol. The molecule has 0 spiro atoms. The molecule has 1 aliphatic rings. The molecule has 1 aromatic heterocycles. The van der Waals surface area contributed by atoms with Crippen LogP contribution in [0.3, 0.4) is 0 Å². The molecule has 0 saturated heterocycles. The van der Waals surface area contributed by atoms with Gasteiger partial charge in [-0.05, 0) is 62.2 Å². The van der Waals surface area contributed by atoms with Crippen LogP contribution in [-0.4, -0.2) is 52.8 Å². The molecule has 0 bridgehead atoms. The number of hydrazone groups is 1. The van der Waals surface area contributed by atoms with Gasteiger partial charge in [-0.3, -0.25) is 9.59 Å². The molecule has 0 aliphatic carbocycles. The van der Waals surface area contributed by atoms with E-state index < -0.39 is 0 Å². The van der Waals surface area contributed by atoms with Gasteiger partial charge in [0.05, 0.1) is 25.8 Å². The van der Waals surface area contributed by atoms with Crippen molar-refractivity contribution >= 4 is 23.2 Å². The van der Waals surface area contributed by atoms with Gasteiger partial charge >= 0.3 is 0 Å². The largest absolute Gasteiger partial charge is 0.493 e. The molecule has 3 aromatic rings. The molecule has 2 amide bonds. The van der Waals surface area contributed by atoms with E-state index in [1.165, 1.54) is 17.5 Å². The van der Waals surface area contributed by atoms with E-state index in [1.54, 1.807) is 31.4 Å². The van der Waals surface area contributed by atoms with Crippen molar-refractivity contribution in [3.63, 3.8) is 0 Å². The fraction of sp³-hybridized carbons (Fsp3) is 0.250. The van der Waals surface area contributed by atoms with Crippen LogP contribution in [0.4, 0.5) is 5.69 Å². The van der Waals surface area contributed by atoms with Crippen molar-refractivity contribution in [3.8, 4) is 11.5 Å². The number of anilines is 1. The Morgan fingerprint density at radius 3 is 2.67 bits per heavy atom. The number of hydrogen-bond donors (Lipinski definition) is 2. The highest BCUT2D eigenvalue weighted by Gasteiger charge is 2.21. The van der Waals surface area contributed by atoms with Crippen LogP contribution in [0.2, 0.25) is 0 Å². The molecule has 2 heterocycles. The molecule has 1 aliphatic heterocycles. The highest BCUT2D eigenvalue weighted by atomic mass is 16.5. The number of H-pyrrole nitrogens is 1. The Bertz CT molecular complexity index is 1160. The third kappa shape index (κ3) is 5.03. The van der Waals surface area contributed by atoms with Gasteiger partial charge in [-0.25, -0.2) is 9.99 Å². The van der Waals surface area contributed by atoms with Gasteiger partial charge < -0.3 is 19.8 Å². The Labute approximate surface area is 191 Å². The number of carbonyl (C=O) groups is 2. The highest BCUT2D eigenvalue weighted by molar-refractivity contribution is 6.04. The van der Waals surface area contributed by atoms with E-state index in [9.17, 15) is 9.59 Å². The fourth-order valence-electron chi connectivity index (χ4n) is 3.54. The molecule has 0 atom stereocenters. The van der Waals surface area contributed by atoms with Crippen molar-refractivity contribution < 1.29 is 19.1 Å². The van der Waals surface area contributed by atoms with Gasteiger partial charge in [0, 0.05) is 29.6 Å². The second kappa shape index (κ2) is 9.99. The fourth-order valence-corrected chi connectivity index (χ4v) is 3.54. The van der Waals surface area contributed by atoms with E-state index in [-0.39, 0.29) is 17.5 Å². The predicted molar refractivity (Wildman–Crippen MR) is 124 cm³/mol. The van der Waals surface area contributed by atoms with Crippen molar-refractivity contribution in [3.05, 3.63) is 71.8 Å². The molecule has 170 valence electrons. The normalized spacial score (nSPS) is 13.3. The summed E-state index contributed by atoms with van der Waals surface area (Å²) < 4.78 is 11.0. The van der Waals surface area contributed by atoms with Crippen molar-refractivity contribution in [1.82, 2.24) is 15.0 Å². The molecule has 9 heteroatoms. The first-order chi connectivity index (χ1) is 16.1. The van der Waals surface area contributed by atoms with Gasteiger partial charge in [0.1, 0.15) is 5.69 Å². The van der Waals surface area contributed by atoms with Crippen LogP contribution in [0, 0.1) is 0 Å². The van der Waals surface area contributed by atoms with Crippen LogP contribution in [0.25, 0.3) is 0 Å². The molecule has 2 aromatic carbocycles.